The maximum Gasteiger partial charge on any atom is 0.153 e. The van der Waals surface area contributed by atoms with E-state index in [0.717, 1.165) is 23.8 Å². The minimum absolute atomic E-state index is 0.277. The van der Waals surface area contributed by atoms with E-state index < -0.39 is 0 Å². The largest absolute Gasteiger partial charge is 0.460 e. The van der Waals surface area contributed by atoms with Gasteiger partial charge in [0.1, 0.15) is 16.5 Å². The monoisotopic (exact) mass is 262 g/mol. The maximum atomic E-state index is 5.64. The van der Waals surface area contributed by atoms with Crippen molar-refractivity contribution in [1.82, 2.24) is 10.3 Å². The van der Waals surface area contributed by atoms with Crippen molar-refractivity contribution in [3.63, 3.8) is 0 Å². The first-order valence-corrected chi connectivity index (χ1v) is 7.29. The van der Waals surface area contributed by atoms with Gasteiger partial charge in [0.15, 0.2) is 5.76 Å². The third-order valence-electron chi connectivity index (χ3n) is 3.78. The number of aryl methyl sites for hydroxylation is 1. The minimum atomic E-state index is 0.277. The fourth-order valence-corrected chi connectivity index (χ4v) is 3.68. The van der Waals surface area contributed by atoms with Crippen LogP contribution in [0.25, 0.3) is 11.5 Å². The van der Waals surface area contributed by atoms with Crippen LogP contribution in [-0.4, -0.2) is 18.6 Å². The van der Waals surface area contributed by atoms with Crippen molar-refractivity contribution in [2.24, 2.45) is 0 Å². The zero-order valence-corrected chi connectivity index (χ0v) is 11.6. The lowest BCUT2D eigenvalue weighted by Crippen LogP contribution is -2.42. The van der Waals surface area contributed by atoms with Crippen molar-refractivity contribution >= 4 is 11.3 Å². The number of hydrogen-bond acceptors (Lipinski definition) is 4. The van der Waals surface area contributed by atoms with Crippen molar-refractivity contribution in [2.75, 3.05) is 13.6 Å². The summed E-state index contributed by atoms with van der Waals surface area (Å²) >= 11 is 1.77. The minimum Gasteiger partial charge on any atom is -0.460 e. The van der Waals surface area contributed by atoms with Crippen LogP contribution in [0.4, 0.5) is 0 Å². The van der Waals surface area contributed by atoms with Gasteiger partial charge in [0.05, 0.1) is 0 Å². The quantitative estimate of drug-likeness (QED) is 0.918. The molecule has 0 aliphatic heterocycles. The van der Waals surface area contributed by atoms with E-state index in [1.54, 1.807) is 11.3 Å². The molecule has 0 atom stereocenters. The molecular weight excluding hydrogens is 244 g/mol. The molecule has 2 aromatic rings. The van der Waals surface area contributed by atoms with Crippen LogP contribution in [0.15, 0.2) is 21.9 Å². The molecule has 1 fully saturated rings. The number of nitrogens with one attached hydrogen (secondary N) is 1. The van der Waals surface area contributed by atoms with Crippen LogP contribution < -0.4 is 5.32 Å². The number of hydrogen-bond donors (Lipinski definition) is 1. The first kappa shape index (κ1) is 11.9. The molecule has 1 aliphatic rings. The lowest BCUT2D eigenvalue weighted by molar-refractivity contribution is 0.238. The zero-order valence-electron chi connectivity index (χ0n) is 10.8. The summed E-state index contributed by atoms with van der Waals surface area (Å²) in [5.74, 6) is 1.82. The summed E-state index contributed by atoms with van der Waals surface area (Å²) in [4.78, 5) is 4.79. The molecule has 0 bridgehead atoms. The molecule has 2 aromatic heterocycles. The number of furan rings is 1. The van der Waals surface area contributed by atoms with E-state index in [1.165, 1.54) is 24.3 Å². The van der Waals surface area contributed by atoms with Crippen LogP contribution in [0.1, 0.15) is 30.0 Å². The Morgan fingerprint density at radius 2 is 2.28 bits per heavy atom. The molecule has 18 heavy (non-hydrogen) atoms. The van der Waals surface area contributed by atoms with Gasteiger partial charge in [-0.25, -0.2) is 4.98 Å². The molecular formula is C14H18N2OS. The second-order valence-corrected chi connectivity index (χ2v) is 5.97. The summed E-state index contributed by atoms with van der Waals surface area (Å²) in [5, 5.41) is 6.68. The number of rotatable bonds is 4. The number of nitrogens with zero attached hydrogens (tertiary/aromatic N) is 1. The standard InChI is InChI=1S/C14H18N2OS/c1-10-4-5-12(17-10)11-8-18-13(16-11)14(9-15-2)6-3-7-14/h4-5,8,15H,3,6-7,9H2,1-2H3. The third-order valence-corrected chi connectivity index (χ3v) is 4.87. The van der Waals surface area contributed by atoms with Gasteiger partial charge in [0.25, 0.3) is 0 Å². The maximum absolute atomic E-state index is 5.64. The Morgan fingerprint density at radius 1 is 1.44 bits per heavy atom. The van der Waals surface area contributed by atoms with Gasteiger partial charge in [-0.2, -0.15) is 0 Å². The molecule has 1 saturated carbocycles. The predicted octanol–water partition coefficient (Wildman–Crippen LogP) is 3.35. The zero-order chi connectivity index (χ0) is 12.6. The summed E-state index contributed by atoms with van der Waals surface area (Å²) < 4.78 is 5.64. The molecule has 96 valence electrons. The van der Waals surface area contributed by atoms with E-state index in [1.807, 2.05) is 26.1 Å². The van der Waals surface area contributed by atoms with Gasteiger partial charge in [-0.3, -0.25) is 0 Å². The first-order valence-electron chi connectivity index (χ1n) is 6.41. The number of likely N-dealkylation sites (N-methyl/N-ethyl adjacent to an activating group) is 1. The van der Waals surface area contributed by atoms with Crippen molar-refractivity contribution in [2.45, 2.75) is 31.6 Å². The third kappa shape index (κ3) is 1.89. The molecule has 1 N–H and O–H groups in total. The average molecular weight is 262 g/mol. The van der Waals surface area contributed by atoms with Gasteiger partial charge in [-0.1, -0.05) is 6.42 Å². The molecule has 0 amide bonds. The van der Waals surface area contributed by atoms with Gasteiger partial charge in [0.2, 0.25) is 0 Å². The molecule has 3 rings (SSSR count). The van der Waals surface area contributed by atoms with Gasteiger partial charge in [-0.05, 0) is 38.9 Å². The molecule has 0 unspecified atom stereocenters. The summed E-state index contributed by atoms with van der Waals surface area (Å²) in [6, 6.07) is 3.99. The van der Waals surface area contributed by atoms with Crippen LogP contribution in [-0.2, 0) is 5.41 Å². The Labute approximate surface area is 111 Å². The average Bonchev–Trinajstić information content (AvgIpc) is 2.92. The molecule has 0 saturated heterocycles. The SMILES string of the molecule is CNCC1(c2nc(-c3ccc(C)o3)cs2)CCC1. The van der Waals surface area contributed by atoms with Crippen molar-refractivity contribution in [1.29, 1.82) is 0 Å². The molecule has 4 heteroatoms. The summed E-state index contributed by atoms with van der Waals surface area (Å²) in [6.07, 6.45) is 3.81. The van der Waals surface area contributed by atoms with E-state index in [0.29, 0.717) is 0 Å². The van der Waals surface area contributed by atoms with E-state index in [-0.39, 0.29) is 5.41 Å². The molecule has 0 spiro atoms. The summed E-state index contributed by atoms with van der Waals surface area (Å²) in [5.41, 5.74) is 1.25. The second-order valence-electron chi connectivity index (χ2n) is 5.11. The lowest BCUT2D eigenvalue weighted by atomic mass is 9.69. The van der Waals surface area contributed by atoms with Gasteiger partial charge >= 0.3 is 0 Å². The van der Waals surface area contributed by atoms with E-state index in [2.05, 4.69) is 10.7 Å². The first-order chi connectivity index (χ1) is 8.73. The number of aromatic nitrogens is 1. The molecule has 1 aliphatic carbocycles. The van der Waals surface area contributed by atoms with Gasteiger partial charge < -0.3 is 9.73 Å². The second kappa shape index (κ2) is 4.52. The normalized spacial score (nSPS) is 17.7. The van der Waals surface area contributed by atoms with Crippen LogP contribution in [0, 0.1) is 6.92 Å². The Balaban J connectivity index is 1.89. The van der Waals surface area contributed by atoms with E-state index in [9.17, 15) is 0 Å². The molecule has 2 heterocycles. The van der Waals surface area contributed by atoms with Crippen LogP contribution in [0.3, 0.4) is 0 Å². The fraction of sp³-hybridized carbons (Fsp3) is 0.500. The van der Waals surface area contributed by atoms with Crippen LogP contribution >= 0.6 is 11.3 Å². The smallest absolute Gasteiger partial charge is 0.153 e. The Kier molecular flexibility index (Phi) is 2.99. The van der Waals surface area contributed by atoms with Crippen LogP contribution in [0.5, 0.6) is 0 Å². The predicted molar refractivity (Wildman–Crippen MR) is 74.0 cm³/mol. The summed E-state index contributed by atoms with van der Waals surface area (Å²) in [7, 11) is 2.02. The highest BCUT2D eigenvalue weighted by Gasteiger charge is 2.40. The van der Waals surface area contributed by atoms with Gasteiger partial charge in [-0.15, -0.1) is 11.3 Å². The highest BCUT2D eigenvalue weighted by atomic mass is 32.1. The van der Waals surface area contributed by atoms with E-state index in [4.69, 9.17) is 9.40 Å². The Morgan fingerprint density at radius 3 is 2.83 bits per heavy atom. The van der Waals surface area contributed by atoms with Gasteiger partial charge in [0, 0.05) is 17.3 Å². The van der Waals surface area contributed by atoms with Crippen LogP contribution in [0.2, 0.25) is 0 Å². The topological polar surface area (TPSA) is 38.1 Å². The Bertz CT molecular complexity index is 539. The lowest BCUT2D eigenvalue weighted by Gasteiger charge is -2.40. The van der Waals surface area contributed by atoms with Crippen molar-refractivity contribution in [3.05, 3.63) is 28.3 Å². The summed E-state index contributed by atoms with van der Waals surface area (Å²) in [6.45, 7) is 2.99. The molecule has 3 nitrogen and oxygen atoms in total. The molecule has 0 radical (unpaired) electrons. The highest BCUT2D eigenvalue weighted by Crippen LogP contribution is 2.45. The van der Waals surface area contributed by atoms with Crippen molar-refractivity contribution in [3.8, 4) is 11.5 Å². The molecule has 0 aromatic carbocycles. The van der Waals surface area contributed by atoms with Crippen molar-refractivity contribution < 1.29 is 4.42 Å². The highest BCUT2D eigenvalue weighted by molar-refractivity contribution is 7.10. The Hall–Kier alpha value is -1.13. The van der Waals surface area contributed by atoms with E-state index >= 15 is 0 Å². The number of thiazole rings is 1. The fourth-order valence-electron chi connectivity index (χ4n) is 2.61.